The molecule has 332 valence electrons. The Morgan fingerprint density at radius 3 is 2.21 bits per heavy atom. The van der Waals surface area contributed by atoms with Crippen LogP contribution in [0.25, 0.3) is 0 Å². The fourth-order valence-electron chi connectivity index (χ4n) is 7.98. The Kier molecular flexibility index (Phi) is 14.1. The van der Waals surface area contributed by atoms with E-state index in [1.165, 1.54) is 84.2 Å². The van der Waals surface area contributed by atoms with Crippen molar-refractivity contribution in [3.63, 3.8) is 0 Å². The third-order valence-electron chi connectivity index (χ3n) is 11.6. The van der Waals surface area contributed by atoms with Crippen LogP contribution < -0.4 is 14.8 Å². The van der Waals surface area contributed by atoms with Crippen LogP contribution in [-0.2, 0) is 23.8 Å². The predicted octanol–water partition coefficient (Wildman–Crippen LogP) is 5.17. The summed E-state index contributed by atoms with van der Waals surface area (Å²) in [5.41, 5.74) is -2.36. The van der Waals surface area contributed by atoms with Crippen LogP contribution >= 0.6 is 0 Å². The number of methoxy groups -OCH3 is 1. The lowest BCUT2D eigenvalue weighted by Crippen LogP contribution is -2.46. The Morgan fingerprint density at radius 2 is 1.60 bits per heavy atom. The number of benzene rings is 2. The van der Waals surface area contributed by atoms with E-state index in [0.717, 1.165) is 18.4 Å². The summed E-state index contributed by atoms with van der Waals surface area (Å²) in [7, 11) is 4.31. The van der Waals surface area contributed by atoms with Crippen LogP contribution in [0.2, 0.25) is 0 Å². The number of fused-ring (bicyclic) bond motifs is 14. The molecule has 1 amide bonds. The molecule has 2 aromatic rings. The van der Waals surface area contributed by atoms with Gasteiger partial charge in [0.1, 0.15) is 34.8 Å². The van der Waals surface area contributed by atoms with Gasteiger partial charge >= 0.3 is 17.7 Å². The first-order valence-corrected chi connectivity index (χ1v) is 20.1. The van der Waals surface area contributed by atoms with Crippen molar-refractivity contribution in [2.24, 2.45) is 23.7 Å². The van der Waals surface area contributed by atoms with Gasteiger partial charge in [0.05, 0.1) is 46.8 Å². The van der Waals surface area contributed by atoms with E-state index in [1.807, 2.05) is 0 Å². The Bertz CT molecular complexity index is 2310. The van der Waals surface area contributed by atoms with Crippen molar-refractivity contribution in [2.45, 2.75) is 85.6 Å². The number of likely N-dealkylation sites (N-methyl/N-ethyl adjacent to an activating group) is 1. The van der Waals surface area contributed by atoms with Crippen LogP contribution in [-0.4, -0.2) is 102 Å². The van der Waals surface area contributed by atoms with Crippen LogP contribution in [0.15, 0.2) is 71.8 Å². The van der Waals surface area contributed by atoms with Crippen LogP contribution in [0.3, 0.4) is 0 Å². The summed E-state index contributed by atoms with van der Waals surface area (Å²) in [5.74, 6) is -11.6. The molecule has 62 heavy (non-hydrogen) atoms. The maximum atomic E-state index is 14.8. The summed E-state index contributed by atoms with van der Waals surface area (Å²) in [6, 6.07) is 4.59. The highest BCUT2D eigenvalue weighted by molar-refractivity contribution is 6.32. The van der Waals surface area contributed by atoms with Gasteiger partial charge in [0.15, 0.2) is 0 Å². The minimum absolute atomic E-state index is 0.0642. The van der Waals surface area contributed by atoms with Crippen molar-refractivity contribution in [1.29, 1.82) is 0 Å². The van der Waals surface area contributed by atoms with E-state index in [1.54, 1.807) is 33.8 Å². The summed E-state index contributed by atoms with van der Waals surface area (Å²) >= 11 is 0. The zero-order valence-corrected chi connectivity index (χ0v) is 36.5. The fraction of sp³-hybridized carbons (Fsp3) is 0.435. The number of hydrogen-bond acceptors (Lipinski definition) is 14. The second-order valence-electron chi connectivity index (χ2n) is 16.3. The number of rotatable bonds is 5. The number of ether oxygens (including phenoxy) is 5. The molecule has 0 saturated carbocycles. The van der Waals surface area contributed by atoms with Crippen LogP contribution in [0.4, 0.5) is 4.39 Å². The maximum absolute atomic E-state index is 14.8. The monoisotopic (exact) mass is 860 g/mol. The number of esters is 2. The van der Waals surface area contributed by atoms with Crippen LogP contribution in [0.5, 0.6) is 11.5 Å². The van der Waals surface area contributed by atoms with E-state index in [4.69, 9.17) is 23.7 Å². The van der Waals surface area contributed by atoms with Gasteiger partial charge in [-0.25, -0.2) is 9.18 Å². The topological polar surface area (TPSA) is 204 Å². The minimum Gasteiger partial charge on any atom is -0.462 e. The van der Waals surface area contributed by atoms with Crippen molar-refractivity contribution in [3.8, 4) is 11.5 Å². The summed E-state index contributed by atoms with van der Waals surface area (Å²) in [6.07, 6.45) is 3.06. The summed E-state index contributed by atoms with van der Waals surface area (Å²) < 4.78 is 43.6. The van der Waals surface area contributed by atoms with E-state index >= 15 is 0 Å². The number of allylic oxidation sites excluding steroid dienone is 4. The van der Waals surface area contributed by atoms with E-state index in [0.29, 0.717) is 0 Å². The third kappa shape index (κ3) is 8.99. The summed E-state index contributed by atoms with van der Waals surface area (Å²) in [4.78, 5) is 85.1. The van der Waals surface area contributed by atoms with E-state index in [9.17, 15) is 43.4 Å². The van der Waals surface area contributed by atoms with Crippen LogP contribution in [0.1, 0.15) is 95.5 Å². The number of ketones is 3. The average molecular weight is 861 g/mol. The molecule has 3 aliphatic heterocycles. The number of amides is 1. The van der Waals surface area contributed by atoms with Crippen LogP contribution in [0, 0.1) is 36.4 Å². The number of aliphatic hydroxyl groups excluding tert-OH is 2. The molecule has 0 fully saturated rings. The van der Waals surface area contributed by atoms with Gasteiger partial charge in [-0.2, -0.15) is 0 Å². The SMILES string of the molecule is CO[C@H]1/C=C/O[C@@]2(C)Oc3c(C)c(OC(=O)c4cccc(F)c4)c4c(c3C2=O)C(=O)C(N(C)C)=C(NC(=O)/C(C)=C\C=C\[C@H](C)[C@H](O)[C@@H](C)[C@H](O)[C@H](C)[C@H](OC(C)=O)[C@@H]1C)C4=O. The number of halogens is 1. The molecule has 9 atom stereocenters. The largest absolute Gasteiger partial charge is 0.462 e. The number of nitrogens with one attached hydrogen (secondary N) is 1. The molecule has 2 aromatic carbocycles. The lowest BCUT2D eigenvalue weighted by Gasteiger charge is -2.38. The highest BCUT2D eigenvalue weighted by Crippen LogP contribution is 2.49. The van der Waals surface area contributed by atoms with Gasteiger partial charge in [-0.3, -0.25) is 24.0 Å². The number of aliphatic hydroxyl groups is 2. The fourth-order valence-corrected chi connectivity index (χ4v) is 7.98. The van der Waals surface area contributed by atoms with Crippen molar-refractivity contribution in [3.05, 3.63) is 105 Å². The van der Waals surface area contributed by atoms with Crippen molar-refractivity contribution < 1.29 is 67.1 Å². The Balaban J connectivity index is 1.73. The van der Waals surface area contributed by atoms with Gasteiger partial charge < -0.3 is 44.1 Å². The molecule has 5 bridgehead atoms. The molecular formula is C46H53FN2O13. The lowest BCUT2D eigenvalue weighted by molar-refractivity contribution is -0.160. The maximum Gasteiger partial charge on any atom is 0.343 e. The molecule has 0 spiro atoms. The molecule has 3 N–H and O–H groups in total. The number of hydrogen-bond donors (Lipinski definition) is 3. The number of carbonyl (C=O) groups is 6. The van der Waals surface area contributed by atoms with Crippen molar-refractivity contribution >= 4 is 35.2 Å². The first-order valence-electron chi connectivity index (χ1n) is 20.1. The zero-order chi connectivity index (χ0) is 46.1. The van der Waals surface area contributed by atoms with Crippen molar-refractivity contribution in [2.75, 3.05) is 21.2 Å². The second kappa shape index (κ2) is 18.6. The van der Waals surface area contributed by atoms with E-state index < -0.39 is 117 Å². The Morgan fingerprint density at radius 1 is 0.919 bits per heavy atom. The molecule has 1 aliphatic carbocycles. The molecular weight excluding hydrogens is 808 g/mol. The number of nitrogens with zero attached hydrogens (tertiary/aromatic N) is 1. The predicted molar refractivity (Wildman–Crippen MR) is 222 cm³/mol. The van der Waals surface area contributed by atoms with E-state index in [2.05, 4.69) is 5.32 Å². The van der Waals surface area contributed by atoms with Gasteiger partial charge in [-0.15, -0.1) is 0 Å². The summed E-state index contributed by atoms with van der Waals surface area (Å²) in [6.45, 7) is 12.1. The van der Waals surface area contributed by atoms with Gasteiger partial charge in [-0.1, -0.05) is 52.0 Å². The Hall–Kier alpha value is -5.97. The third-order valence-corrected chi connectivity index (χ3v) is 11.6. The molecule has 6 rings (SSSR count). The first kappa shape index (κ1) is 47.1. The quantitative estimate of drug-likeness (QED) is 0.262. The minimum atomic E-state index is -2.19. The zero-order valence-electron chi connectivity index (χ0n) is 36.5. The summed E-state index contributed by atoms with van der Waals surface area (Å²) in [5, 5.41) is 25.4. The highest BCUT2D eigenvalue weighted by atomic mass is 19.1. The van der Waals surface area contributed by atoms with Gasteiger partial charge in [0.25, 0.3) is 11.7 Å². The molecule has 15 nitrogen and oxygen atoms in total. The average Bonchev–Trinajstić information content (AvgIpc) is 3.48. The number of Topliss-reactive ketones (excluding diaryl/α,β-unsaturated/α-hetero) is 3. The molecule has 4 aliphatic rings. The second-order valence-corrected chi connectivity index (χ2v) is 16.3. The smallest absolute Gasteiger partial charge is 0.343 e. The standard InChI is InChI=1S/C46H53FN2O13/c1-21-14-12-15-22(2)44(56)48-34-35(49(9)10)39(54)31-32(38(34)53)41(61-45(57)28-16-13-17-29(47)20-28)26(6)42-33(31)43(55)46(8,62-42)59-19-18-30(58-11)23(3)40(60-27(7)50)25(5)37(52)24(4)36(21)51/h12-21,23-25,30,36-37,40,51-52H,1-11H3,(H,48,56)/b14-12+,19-18+,22-15-/t21-,23+,24+,25-,30-,36-,37-,40+,46-/m0/s1. The molecule has 0 unspecified atom stereocenters. The lowest BCUT2D eigenvalue weighted by atomic mass is 9.78. The molecule has 0 radical (unpaired) electrons. The van der Waals surface area contributed by atoms with E-state index in [-0.39, 0.29) is 33.7 Å². The normalized spacial score (nSPS) is 30.1. The molecule has 3 heterocycles. The number of carbonyl (C=O) groups excluding carboxylic acids is 6. The Labute approximate surface area is 359 Å². The van der Waals surface area contributed by atoms with Crippen molar-refractivity contribution in [1.82, 2.24) is 10.2 Å². The highest BCUT2D eigenvalue weighted by Gasteiger charge is 2.53. The molecule has 0 aromatic heterocycles. The molecule has 0 saturated heterocycles. The molecule has 16 heteroatoms. The van der Waals surface area contributed by atoms with Gasteiger partial charge in [-0.05, 0) is 38.1 Å². The van der Waals surface area contributed by atoms with Gasteiger partial charge in [0, 0.05) is 69.9 Å². The van der Waals surface area contributed by atoms with Gasteiger partial charge in [0.2, 0.25) is 11.6 Å². The first-order chi connectivity index (χ1) is 29.1.